The van der Waals surface area contributed by atoms with Crippen molar-refractivity contribution in [1.82, 2.24) is 9.55 Å². The number of anilines is 1. The molecule has 0 fully saturated rings. The maximum Gasteiger partial charge on any atom is 0.231 e. The molecule has 3 aromatic rings. The molecular formula is C21H21N3OS. The zero-order chi connectivity index (χ0) is 17.9. The van der Waals surface area contributed by atoms with E-state index in [1.165, 1.54) is 0 Å². The minimum atomic E-state index is -0.146. The lowest BCUT2D eigenvalue weighted by Crippen LogP contribution is -2.20. The zero-order valence-electron chi connectivity index (χ0n) is 14.7. The van der Waals surface area contributed by atoms with Gasteiger partial charge in [0.25, 0.3) is 0 Å². The van der Waals surface area contributed by atoms with Gasteiger partial charge in [-0.1, -0.05) is 61.2 Å². The lowest BCUT2D eigenvalue weighted by atomic mass is 9.95. The first-order chi connectivity index (χ1) is 12.7. The van der Waals surface area contributed by atoms with Crippen molar-refractivity contribution in [3.05, 3.63) is 66.4 Å². The van der Waals surface area contributed by atoms with Gasteiger partial charge >= 0.3 is 0 Å². The van der Waals surface area contributed by atoms with Gasteiger partial charge in [0.2, 0.25) is 5.91 Å². The van der Waals surface area contributed by atoms with Crippen LogP contribution in [0, 0.1) is 0 Å². The van der Waals surface area contributed by atoms with Gasteiger partial charge in [-0.25, -0.2) is 4.98 Å². The third kappa shape index (κ3) is 3.40. The largest absolute Gasteiger partial charge is 0.326 e. The molecule has 2 heterocycles. The van der Waals surface area contributed by atoms with Gasteiger partial charge in [-0.05, 0) is 24.1 Å². The molecule has 1 atom stereocenters. The van der Waals surface area contributed by atoms with Gasteiger partial charge in [0.15, 0.2) is 5.16 Å². The standard InChI is InChI=1S/C21H21N3OS/c1-2-18(15-7-4-3-5-8-15)20(25)22-17-10-6-9-16(13-17)19-14-24-11-12-26-21(24)23-19/h3-10,13-14,18H,2,11-12H2,1H3,(H,22,25)/t18-/m0/s1. The molecule has 0 spiro atoms. The van der Waals surface area contributed by atoms with Crippen molar-refractivity contribution in [2.24, 2.45) is 0 Å². The summed E-state index contributed by atoms with van der Waals surface area (Å²) < 4.78 is 2.19. The van der Waals surface area contributed by atoms with Crippen LogP contribution >= 0.6 is 11.8 Å². The van der Waals surface area contributed by atoms with E-state index in [0.717, 1.165) is 46.4 Å². The molecule has 0 aliphatic carbocycles. The summed E-state index contributed by atoms with van der Waals surface area (Å²) in [7, 11) is 0. The first-order valence-electron chi connectivity index (χ1n) is 8.91. The molecule has 4 rings (SSSR count). The zero-order valence-corrected chi connectivity index (χ0v) is 15.5. The normalized spacial score (nSPS) is 14.0. The van der Waals surface area contributed by atoms with E-state index in [0.29, 0.717) is 0 Å². The van der Waals surface area contributed by atoms with E-state index in [9.17, 15) is 4.79 Å². The number of benzene rings is 2. The number of carbonyl (C=O) groups excluding carboxylic acids is 1. The van der Waals surface area contributed by atoms with E-state index >= 15 is 0 Å². The number of thioether (sulfide) groups is 1. The Bertz CT molecular complexity index is 899. The molecule has 26 heavy (non-hydrogen) atoms. The Labute approximate surface area is 157 Å². The van der Waals surface area contributed by atoms with Crippen LogP contribution in [0.3, 0.4) is 0 Å². The third-order valence-corrected chi connectivity index (χ3v) is 5.63. The van der Waals surface area contributed by atoms with Crippen molar-refractivity contribution in [2.45, 2.75) is 31.0 Å². The van der Waals surface area contributed by atoms with Crippen LogP contribution in [0.1, 0.15) is 24.8 Å². The molecule has 0 unspecified atom stereocenters. The van der Waals surface area contributed by atoms with Crippen molar-refractivity contribution in [3.63, 3.8) is 0 Å². The fraction of sp³-hybridized carbons (Fsp3) is 0.238. The second-order valence-corrected chi connectivity index (χ2v) is 7.45. The summed E-state index contributed by atoms with van der Waals surface area (Å²) in [6, 6.07) is 17.9. The molecule has 0 radical (unpaired) electrons. The molecule has 0 saturated carbocycles. The first kappa shape index (κ1) is 16.9. The van der Waals surface area contributed by atoms with E-state index in [-0.39, 0.29) is 11.8 Å². The number of fused-ring (bicyclic) bond motifs is 1. The SMILES string of the molecule is CC[C@H](C(=O)Nc1cccc(-c2cn3c(n2)SCC3)c1)c1ccccc1. The predicted molar refractivity (Wildman–Crippen MR) is 106 cm³/mol. The van der Waals surface area contributed by atoms with Crippen LogP contribution in [-0.4, -0.2) is 21.2 Å². The highest BCUT2D eigenvalue weighted by atomic mass is 32.2. The fourth-order valence-electron chi connectivity index (χ4n) is 3.29. The first-order valence-corrected chi connectivity index (χ1v) is 9.89. The molecule has 1 aliphatic heterocycles. The van der Waals surface area contributed by atoms with Gasteiger partial charge in [-0.3, -0.25) is 4.79 Å². The Balaban J connectivity index is 1.54. The molecule has 0 bridgehead atoms. The molecule has 2 aromatic carbocycles. The highest BCUT2D eigenvalue weighted by Gasteiger charge is 2.19. The molecule has 0 saturated heterocycles. The summed E-state index contributed by atoms with van der Waals surface area (Å²) >= 11 is 1.78. The number of hydrogen-bond donors (Lipinski definition) is 1. The summed E-state index contributed by atoms with van der Waals surface area (Å²) in [6.07, 6.45) is 2.86. The summed E-state index contributed by atoms with van der Waals surface area (Å²) in [6.45, 7) is 3.05. The minimum absolute atomic E-state index is 0.0266. The molecule has 1 N–H and O–H groups in total. The van der Waals surface area contributed by atoms with Gasteiger partial charge < -0.3 is 9.88 Å². The summed E-state index contributed by atoms with van der Waals surface area (Å²) in [4.78, 5) is 17.5. The molecule has 4 nitrogen and oxygen atoms in total. The van der Waals surface area contributed by atoms with Crippen LogP contribution in [0.15, 0.2) is 66.0 Å². The summed E-state index contributed by atoms with van der Waals surface area (Å²) in [5, 5.41) is 4.15. The Morgan fingerprint density at radius 2 is 2.08 bits per heavy atom. The number of hydrogen-bond acceptors (Lipinski definition) is 3. The lowest BCUT2D eigenvalue weighted by Gasteiger charge is -2.15. The molecule has 1 amide bonds. The van der Waals surface area contributed by atoms with Gasteiger partial charge in [0.1, 0.15) is 0 Å². The van der Waals surface area contributed by atoms with Crippen molar-refractivity contribution < 1.29 is 4.79 Å². The van der Waals surface area contributed by atoms with Crippen LogP contribution in [0.4, 0.5) is 5.69 Å². The van der Waals surface area contributed by atoms with Crippen LogP contribution in [0.25, 0.3) is 11.3 Å². The molecular weight excluding hydrogens is 342 g/mol. The van der Waals surface area contributed by atoms with Crippen LogP contribution in [-0.2, 0) is 11.3 Å². The number of aromatic nitrogens is 2. The van der Waals surface area contributed by atoms with Crippen LogP contribution < -0.4 is 5.32 Å². The van der Waals surface area contributed by atoms with E-state index in [4.69, 9.17) is 4.98 Å². The van der Waals surface area contributed by atoms with Crippen LogP contribution in [0.5, 0.6) is 0 Å². The van der Waals surface area contributed by atoms with Crippen molar-refractivity contribution >= 4 is 23.4 Å². The Hall–Kier alpha value is -2.53. The van der Waals surface area contributed by atoms with Gasteiger partial charge in [-0.2, -0.15) is 0 Å². The monoisotopic (exact) mass is 363 g/mol. The fourth-order valence-corrected chi connectivity index (χ4v) is 4.24. The molecule has 5 heteroatoms. The number of nitrogens with zero attached hydrogens (tertiary/aromatic N) is 2. The molecule has 1 aromatic heterocycles. The smallest absolute Gasteiger partial charge is 0.231 e. The second-order valence-electron chi connectivity index (χ2n) is 6.39. The Kier molecular flexibility index (Phi) is 4.80. The van der Waals surface area contributed by atoms with E-state index in [2.05, 4.69) is 16.1 Å². The van der Waals surface area contributed by atoms with E-state index < -0.39 is 0 Å². The Morgan fingerprint density at radius 1 is 1.23 bits per heavy atom. The number of amides is 1. The quantitative estimate of drug-likeness (QED) is 0.709. The number of nitrogens with one attached hydrogen (secondary N) is 1. The maximum absolute atomic E-state index is 12.8. The van der Waals surface area contributed by atoms with Crippen LogP contribution in [0.2, 0.25) is 0 Å². The average molecular weight is 363 g/mol. The predicted octanol–water partition coefficient (Wildman–Crippen LogP) is 4.79. The maximum atomic E-state index is 12.8. The van der Waals surface area contributed by atoms with Gasteiger partial charge in [-0.15, -0.1) is 0 Å². The highest BCUT2D eigenvalue weighted by molar-refractivity contribution is 7.99. The van der Waals surface area contributed by atoms with Crippen molar-refractivity contribution in [2.75, 3.05) is 11.1 Å². The van der Waals surface area contributed by atoms with Crippen molar-refractivity contribution in [1.29, 1.82) is 0 Å². The second kappa shape index (κ2) is 7.38. The Morgan fingerprint density at radius 3 is 2.85 bits per heavy atom. The molecule has 132 valence electrons. The summed E-state index contributed by atoms with van der Waals surface area (Å²) in [5.41, 5.74) is 3.84. The van der Waals surface area contributed by atoms with Gasteiger partial charge in [0.05, 0.1) is 11.6 Å². The van der Waals surface area contributed by atoms with E-state index in [1.54, 1.807) is 11.8 Å². The van der Waals surface area contributed by atoms with Gasteiger partial charge in [0, 0.05) is 29.7 Å². The average Bonchev–Trinajstić information content (AvgIpc) is 3.25. The van der Waals surface area contributed by atoms with E-state index in [1.807, 2.05) is 61.5 Å². The number of rotatable bonds is 5. The number of imidazole rings is 1. The number of aryl methyl sites for hydroxylation is 1. The van der Waals surface area contributed by atoms with Crippen molar-refractivity contribution in [3.8, 4) is 11.3 Å². The topological polar surface area (TPSA) is 46.9 Å². The lowest BCUT2D eigenvalue weighted by molar-refractivity contribution is -0.117. The third-order valence-electron chi connectivity index (χ3n) is 4.66. The molecule has 1 aliphatic rings. The minimum Gasteiger partial charge on any atom is -0.326 e. The number of carbonyl (C=O) groups is 1. The highest BCUT2D eigenvalue weighted by Crippen LogP contribution is 2.30. The summed E-state index contributed by atoms with van der Waals surface area (Å²) in [5.74, 6) is 0.975.